The van der Waals surface area contributed by atoms with Gasteiger partial charge in [-0.15, -0.1) is 0 Å². The first-order chi connectivity index (χ1) is 21.0. The van der Waals surface area contributed by atoms with Crippen LogP contribution in [0.2, 0.25) is 0 Å². The fourth-order valence-electron chi connectivity index (χ4n) is 7.12. The SMILES string of the molecule is C=Cc1c(C)c2cc3nc(c4c5[nH]c(cc6nc(cc1[nH]2)[C@H](C)/C6=C/C)c(C)c5C(=O)[C@@H]4C(=O)OC)[C@@H](CCC(=O)O)[C@@H]3C. The number of aromatic amines is 2. The Morgan fingerprint density at radius 2 is 1.75 bits per heavy atom. The second-order valence-electron chi connectivity index (χ2n) is 11.9. The third-order valence-electron chi connectivity index (χ3n) is 9.61. The molecule has 0 saturated carbocycles. The monoisotopic (exact) mass is 592 g/mol. The molecule has 0 radical (unpaired) electrons. The molecule has 0 amide bonds. The van der Waals surface area contributed by atoms with Gasteiger partial charge in [0, 0.05) is 63.1 Å². The van der Waals surface area contributed by atoms with E-state index < -0.39 is 17.9 Å². The van der Waals surface area contributed by atoms with Crippen LogP contribution in [-0.2, 0) is 14.3 Å². The van der Waals surface area contributed by atoms with Crippen LogP contribution in [0.4, 0.5) is 0 Å². The number of aryl methyl sites for hydroxylation is 2. The molecule has 9 nitrogen and oxygen atoms in total. The van der Waals surface area contributed by atoms with Crippen molar-refractivity contribution in [2.24, 2.45) is 0 Å². The van der Waals surface area contributed by atoms with E-state index in [1.54, 1.807) is 0 Å². The summed E-state index contributed by atoms with van der Waals surface area (Å²) < 4.78 is 5.13. The zero-order chi connectivity index (χ0) is 31.6. The van der Waals surface area contributed by atoms with Gasteiger partial charge in [0.05, 0.1) is 29.7 Å². The Kier molecular flexibility index (Phi) is 7.14. The topological polar surface area (TPSA) is 138 Å². The first kappa shape index (κ1) is 29.3. The van der Waals surface area contributed by atoms with Crippen molar-refractivity contribution in [2.45, 2.75) is 71.1 Å². The Morgan fingerprint density at radius 3 is 2.41 bits per heavy atom. The van der Waals surface area contributed by atoms with Gasteiger partial charge in [0.25, 0.3) is 0 Å². The normalized spacial score (nSPS) is 21.6. The number of ether oxygens (including phenoxy) is 1. The highest BCUT2D eigenvalue weighted by molar-refractivity contribution is 6.23. The molecule has 4 atom stereocenters. The zero-order valence-electron chi connectivity index (χ0n) is 25.8. The summed E-state index contributed by atoms with van der Waals surface area (Å²) in [5, 5.41) is 9.60. The maximum atomic E-state index is 14.0. The number of ketones is 1. The van der Waals surface area contributed by atoms with Gasteiger partial charge < -0.3 is 19.8 Å². The standard InChI is InChI=1S/C35H36N4O5/c1-8-19-15(3)22-12-24-17(5)21(10-11-28(40)41)32(38-24)30-31(35(43)44-7)34(42)29-18(6)25(39-33(29)30)14-27-20(9-2)16(4)23(37-27)13-26(19)36-22/h8-9,12-14,16-17,21,31,36,39H,1,10-11H2,2-7H3,(H,40,41)/b20-9-,22-12?,23-13?,24-12?,25-14?,26-13?,27-14?,32-30?/t16-,17+,21+,31-/m1/s1. The van der Waals surface area contributed by atoms with Gasteiger partial charge in [0.1, 0.15) is 5.92 Å². The summed E-state index contributed by atoms with van der Waals surface area (Å²) in [6.45, 7) is 14.1. The number of nitrogens with zero attached hydrogens (tertiary/aromatic N) is 2. The number of fused-ring (bicyclic) bond motifs is 8. The molecule has 44 heavy (non-hydrogen) atoms. The van der Waals surface area contributed by atoms with Gasteiger partial charge in [-0.05, 0) is 62.1 Å². The van der Waals surface area contributed by atoms with Crippen LogP contribution in [0.3, 0.4) is 0 Å². The molecule has 0 saturated heterocycles. The lowest BCUT2D eigenvalue weighted by Crippen LogP contribution is -2.21. The molecule has 9 heteroatoms. The van der Waals surface area contributed by atoms with Crippen LogP contribution >= 0.6 is 0 Å². The number of carbonyl (C=O) groups is 3. The third-order valence-corrected chi connectivity index (χ3v) is 9.61. The molecule has 2 aliphatic heterocycles. The molecule has 3 aromatic heterocycles. The number of methoxy groups -OCH3 is 1. The van der Waals surface area contributed by atoms with Crippen LogP contribution in [0, 0.1) is 13.8 Å². The summed E-state index contributed by atoms with van der Waals surface area (Å²) in [7, 11) is 1.27. The van der Waals surface area contributed by atoms with Gasteiger partial charge >= 0.3 is 11.9 Å². The molecule has 5 heterocycles. The maximum Gasteiger partial charge on any atom is 0.321 e. The fraction of sp³-hybridized carbons (Fsp3) is 0.343. The van der Waals surface area contributed by atoms with Crippen molar-refractivity contribution in [3.63, 3.8) is 0 Å². The molecule has 0 fully saturated rings. The average molecular weight is 593 g/mol. The number of esters is 1. The highest BCUT2D eigenvalue weighted by Crippen LogP contribution is 2.48. The lowest BCUT2D eigenvalue weighted by atomic mass is 9.84. The van der Waals surface area contributed by atoms with Crippen molar-refractivity contribution in [3.8, 4) is 0 Å². The molecule has 0 unspecified atom stereocenters. The number of carbonyl (C=O) groups excluding carboxylic acids is 2. The van der Waals surface area contributed by atoms with Crippen LogP contribution in [0.5, 0.6) is 0 Å². The molecular formula is C35H36N4O5. The van der Waals surface area contributed by atoms with E-state index in [2.05, 4.69) is 35.6 Å². The van der Waals surface area contributed by atoms with Crippen molar-refractivity contribution in [2.75, 3.05) is 7.11 Å². The largest absolute Gasteiger partial charge is 0.481 e. The minimum absolute atomic E-state index is 0.0381. The second-order valence-corrected chi connectivity index (χ2v) is 11.9. The van der Waals surface area contributed by atoms with Crippen LogP contribution < -0.4 is 0 Å². The van der Waals surface area contributed by atoms with E-state index in [-0.39, 0.29) is 30.0 Å². The number of carboxylic acid groups (broad SMARTS) is 1. The van der Waals surface area contributed by atoms with E-state index in [9.17, 15) is 19.5 Å². The predicted molar refractivity (Wildman–Crippen MR) is 170 cm³/mol. The number of nitrogens with one attached hydrogen (secondary N) is 2. The highest BCUT2D eigenvalue weighted by Gasteiger charge is 2.45. The fourth-order valence-corrected chi connectivity index (χ4v) is 7.12. The molecule has 226 valence electrons. The number of H-pyrrole nitrogens is 2. The number of Topliss-reactive ketones (excluding diaryl/α,β-unsaturated/α-hetero) is 1. The summed E-state index contributed by atoms with van der Waals surface area (Å²) in [5.41, 5.74) is 10.6. The maximum absolute atomic E-state index is 14.0. The molecule has 1 aliphatic carbocycles. The molecule has 3 aromatic rings. The number of allylic oxidation sites excluding steroid dienone is 2. The molecule has 3 aliphatic rings. The second kappa shape index (κ2) is 10.7. The Bertz CT molecular complexity index is 1980. The van der Waals surface area contributed by atoms with Crippen molar-refractivity contribution in [3.05, 3.63) is 81.4 Å². The van der Waals surface area contributed by atoms with Crippen molar-refractivity contribution >= 4 is 51.4 Å². The summed E-state index contributed by atoms with van der Waals surface area (Å²) >= 11 is 0. The molecule has 6 rings (SSSR count). The minimum atomic E-state index is -1.19. The lowest BCUT2D eigenvalue weighted by molar-refractivity contribution is -0.141. The van der Waals surface area contributed by atoms with Gasteiger partial charge in [-0.2, -0.15) is 0 Å². The zero-order valence-corrected chi connectivity index (χ0v) is 25.8. The Morgan fingerprint density at radius 1 is 1.05 bits per heavy atom. The van der Waals surface area contributed by atoms with Crippen LogP contribution in [-0.4, -0.2) is 49.9 Å². The number of rotatable bonds is 5. The molecule has 8 bridgehead atoms. The first-order valence-electron chi connectivity index (χ1n) is 14.9. The van der Waals surface area contributed by atoms with E-state index in [1.807, 2.05) is 45.9 Å². The quantitative estimate of drug-likeness (QED) is 0.214. The number of carboxylic acids is 1. The van der Waals surface area contributed by atoms with Crippen molar-refractivity contribution in [1.82, 2.24) is 19.9 Å². The number of hydrogen-bond donors (Lipinski definition) is 3. The third kappa shape index (κ3) is 4.32. The molecular weight excluding hydrogens is 556 g/mol. The van der Waals surface area contributed by atoms with E-state index >= 15 is 0 Å². The number of aliphatic carboxylic acids is 1. The van der Waals surface area contributed by atoms with Crippen LogP contribution in [0.1, 0.15) is 113 Å². The Balaban J connectivity index is 1.81. The molecule has 3 N–H and O–H groups in total. The van der Waals surface area contributed by atoms with Crippen molar-refractivity contribution in [1.29, 1.82) is 0 Å². The summed E-state index contributed by atoms with van der Waals surface area (Å²) in [6.07, 6.45) is 4.11. The predicted octanol–water partition coefficient (Wildman–Crippen LogP) is 6.99. The van der Waals surface area contributed by atoms with Gasteiger partial charge in [0.2, 0.25) is 0 Å². The van der Waals surface area contributed by atoms with Crippen LogP contribution in [0.15, 0.2) is 30.9 Å². The molecule has 0 spiro atoms. The number of aromatic nitrogens is 4. The van der Waals surface area contributed by atoms with Gasteiger partial charge in [0.15, 0.2) is 5.78 Å². The van der Waals surface area contributed by atoms with Gasteiger partial charge in [-0.25, -0.2) is 0 Å². The molecule has 0 aromatic carbocycles. The first-order valence-corrected chi connectivity index (χ1v) is 14.9. The van der Waals surface area contributed by atoms with E-state index in [0.717, 1.165) is 50.3 Å². The minimum Gasteiger partial charge on any atom is -0.481 e. The smallest absolute Gasteiger partial charge is 0.321 e. The highest BCUT2D eigenvalue weighted by atomic mass is 16.5. The van der Waals surface area contributed by atoms with E-state index in [0.29, 0.717) is 34.3 Å². The van der Waals surface area contributed by atoms with Gasteiger partial charge in [-0.3, -0.25) is 24.4 Å². The van der Waals surface area contributed by atoms with Crippen molar-refractivity contribution < 1.29 is 24.2 Å². The lowest BCUT2D eigenvalue weighted by Gasteiger charge is -2.18. The number of hydrogen-bond acceptors (Lipinski definition) is 6. The summed E-state index contributed by atoms with van der Waals surface area (Å²) in [6, 6.07) is 6.00. The summed E-state index contributed by atoms with van der Waals surface area (Å²) in [4.78, 5) is 56.0. The van der Waals surface area contributed by atoms with Crippen LogP contribution in [0.25, 0.3) is 33.7 Å². The van der Waals surface area contributed by atoms with E-state index in [4.69, 9.17) is 14.7 Å². The average Bonchev–Trinajstić information content (AvgIpc) is 3.72. The Labute approximate surface area is 255 Å². The van der Waals surface area contributed by atoms with Gasteiger partial charge in [-0.1, -0.05) is 32.6 Å². The Hall–Kier alpha value is -4.79. The van der Waals surface area contributed by atoms with E-state index in [1.165, 1.54) is 7.11 Å². The summed E-state index contributed by atoms with van der Waals surface area (Å²) in [5.74, 6) is -3.61.